The highest BCUT2D eigenvalue weighted by Crippen LogP contribution is 2.49. The quantitative estimate of drug-likeness (QED) is 0.418. The number of halogens is 1. The maximum Gasteiger partial charge on any atom is 0.309 e. The van der Waals surface area contributed by atoms with Crippen LogP contribution < -0.4 is 9.47 Å². The molecule has 34 heavy (non-hydrogen) atoms. The number of methoxy groups -OCH3 is 1. The van der Waals surface area contributed by atoms with Gasteiger partial charge in [-0.1, -0.05) is 12.1 Å². The zero-order valence-corrected chi connectivity index (χ0v) is 21.6. The fraction of sp³-hybridized carbons (Fsp3) is 0.423. The Morgan fingerprint density at radius 3 is 2.79 bits per heavy atom. The number of ether oxygens (including phenoxy) is 3. The van der Waals surface area contributed by atoms with Crippen LogP contribution in [0, 0.1) is 32.6 Å². The number of hydrogen-bond acceptors (Lipinski definition) is 6. The Morgan fingerprint density at radius 2 is 2.03 bits per heavy atom. The first-order valence-electron chi connectivity index (χ1n) is 11.5. The summed E-state index contributed by atoms with van der Waals surface area (Å²) in [6, 6.07) is 6.09. The van der Waals surface area contributed by atoms with E-state index in [0.717, 1.165) is 51.1 Å². The fourth-order valence-corrected chi connectivity index (χ4v) is 6.08. The second-order valence-corrected chi connectivity index (χ2v) is 10.1. The predicted octanol–water partition coefficient (Wildman–Crippen LogP) is 5.34. The van der Waals surface area contributed by atoms with Gasteiger partial charge in [-0.2, -0.15) is 0 Å². The van der Waals surface area contributed by atoms with E-state index >= 15 is 0 Å². The standard InChI is InChI=1S/C26H28BrN3O4/c1-13-8-20(27)25(32-5)21(9-13)30-17(11-28-29-30)12-33-22-10-14(2)18-6-7-19-15(3)26(31)34-24(19)23(18)16(22)4/h8-11,15,19,24H,6-7,12H2,1-5H3/t15-,19-,24+/m0/s1. The van der Waals surface area contributed by atoms with Gasteiger partial charge in [-0.3, -0.25) is 4.79 Å². The van der Waals surface area contributed by atoms with E-state index < -0.39 is 0 Å². The number of benzene rings is 2. The van der Waals surface area contributed by atoms with Crippen molar-refractivity contribution in [1.82, 2.24) is 15.0 Å². The van der Waals surface area contributed by atoms with Gasteiger partial charge >= 0.3 is 5.97 Å². The van der Waals surface area contributed by atoms with Crippen molar-refractivity contribution in [2.24, 2.45) is 11.8 Å². The van der Waals surface area contributed by atoms with E-state index in [1.807, 2.05) is 26.0 Å². The van der Waals surface area contributed by atoms with Gasteiger partial charge in [-0.05, 0) is 90.0 Å². The van der Waals surface area contributed by atoms with Crippen LogP contribution in [0.25, 0.3) is 5.69 Å². The summed E-state index contributed by atoms with van der Waals surface area (Å²) >= 11 is 3.57. The van der Waals surface area contributed by atoms with Crippen LogP contribution in [0.5, 0.6) is 11.5 Å². The number of aryl methyl sites for hydroxylation is 2. The number of rotatable bonds is 5. The van der Waals surface area contributed by atoms with E-state index in [0.29, 0.717) is 5.75 Å². The normalized spacial score (nSPS) is 21.1. The molecule has 7 nitrogen and oxygen atoms in total. The first-order chi connectivity index (χ1) is 16.3. The number of aromatic nitrogens is 3. The lowest BCUT2D eigenvalue weighted by molar-refractivity contribution is -0.144. The van der Waals surface area contributed by atoms with Crippen LogP contribution in [0.1, 0.15) is 53.0 Å². The molecule has 1 fully saturated rings. The molecule has 3 aromatic rings. The van der Waals surface area contributed by atoms with E-state index in [9.17, 15) is 4.79 Å². The summed E-state index contributed by atoms with van der Waals surface area (Å²) < 4.78 is 20.4. The van der Waals surface area contributed by atoms with Gasteiger partial charge in [-0.25, -0.2) is 4.68 Å². The minimum absolute atomic E-state index is 0.0634. The van der Waals surface area contributed by atoms with Crippen LogP contribution in [0.3, 0.4) is 0 Å². The summed E-state index contributed by atoms with van der Waals surface area (Å²) in [4.78, 5) is 12.3. The van der Waals surface area contributed by atoms with Crippen molar-refractivity contribution in [3.8, 4) is 17.2 Å². The summed E-state index contributed by atoms with van der Waals surface area (Å²) in [5.41, 5.74) is 7.27. The van der Waals surface area contributed by atoms with Gasteiger partial charge in [0.15, 0.2) is 5.75 Å². The minimum Gasteiger partial charge on any atom is -0.493 e. The summed E-state index contributed by atoms with van der Waals surface area (Å²) in [6.07, 6.45) is 3.45. The lowest BCUT2D eigenvalue weighted by Crippen LogP contribution is -2.22. The Morgan fingerprint density at radius 1 is 1.24 bits per heavy atom. The van der Waals surface area contributed by atoms with Gasteiger partial charge < -0.3 is 14.2 Å². The van der Waals surface area contributed by atoms with Crippen LogP contribution >= 0.6 is 15.9 Å². The Labute approximate surface area is 207 Å². The molecule has 0 radical (unpaired) electrons. The van der Waals surface area contributed by atoms with Crippen LogP contribution in [0.4, 0.5) is 0 Å². The van der Waals surface area contributed by atoms with E-state index in [2.05, 4.69) is 46.2 Å². The first kappa shape index (κ1) is 22.9. The maximum absolute atomic E-state index is 12.3. The molecule has 0 bridgehead atoms. The molecule has 1 saturated heterocycles. The average Bonchev–Trinajstić information content (AvgIpc) is 3.38. The summed E-state index contributed by atoms with van der Waals surface area (Å²) in [6.45, 7) is 8.44. The molecule has 1 aliphatic heterocycles. The number of esters is 1. The largest absolute Gasteiger partial charge is 0.493 e. The van der Waals surface area contributed by atoms with Gasteiger partial charge in [0, 0.05) is 11.5 Å². The predicted molar refractivity (Wildman–Crippen MR) is 130 cm³/mol. The second kappa shape index (κ2) is 8.73. The molecule has 5 rings (SSSR count). The van der Waals surface area contributed by atoms with Crippen LogP contribution in [-0.2, 0) is 22.6 Å². The number of carbonyl (C=O) groups excluding carboxylic acids is 1. The molecular formula is C26H28BrN3O4. The Kier molecular flexibility index (Phi) is 5.88. The van der Waals surface area contributed by atoms with Crippen molar-refractivity contribution in [3.05, 3.63) is 62.4 Å². The van der Waals surface area contributed by atoms with Gasteiger partial charge in [-0.15, -0.1) is 5.10 Å². The zero-order chi connectivity index (χ0) is 24.1. The molecule has 0 saturated carbocycles. The highest BCUT2D eigenvalue weighted by Gasteiger charge is 2.46. The Hall–Kier alpha value is -2.87. The lowest BCUT2D eigenvalue weighted by atomic mass is 9.74. The molecule has 0 N–H and O–H groups in total. The molecule has 8 heteroatoms. The molecule has 1 aliphatic carbocycles. The van der Waals surface area contributed by atoms with Gasteiger partial charge in [0.25, 0.3) is 0 Å². The van der Waals surface area contributed by atoms with Crippen molar-refractivity contribution in [2.75, 3.05) is 7.11 Å². The van der Waals surface area contributed by atoms with Crippen molar-refractivity contribution in [1.29, 1.82) is 0 Å². The highest BCUT2D eigenvalue weighted by molar-refractivity contribution is 9.10. The van der Waals surface area contributed by atoms with Crippen LogP contribution in [-0.4, -0.2) is 28.1 Å². The van der Waals surface area contributed by atoms with E-state index in [-0.39, 0.29) is 30.5 Å². The lowest BCUT2D eigenvalue weighted by Gasteiger charge is -2.31. The number of fused-ring (bicyclic) bond motifs is 3. The Bertz CT molecular complexity index is 1290. The smallest absolute Gasteiger partial charge is 0.309 e. The first-order valence-corrected chi connectivity index (χ1v) is 12.3. The monoisotopic (exact) mass is 525 g/mol. The fourth-order valence-electron chi connectivity index (χ4n) is 5.35. The van der Waals surface area contributed by atoms with E-state index in [1.54, 1.807) is 18.0 Å². The SMILES string of the molecule is COc1c(Br)cc(C)cc1-n1nncc1COc1cc(C)c2c(c1C)[C@@H]1OC(=O)[C@@H](C)[C@@H]1CC2. The van der Waals surface area contributed by atoms with Gasteiger partial charge in [0.05, 0.1) is 23.7 Å². The van der Waals surface area contributed by atoms with Gasteiger partial charge in [0.2, 0.25) is 0 Å². The van der Waals surface area contributed by atoms with Crippen LogP contribution in [0.2, 0.25) is 0 Å². The number of nitrogens with zero attached hydrogens (tertiary/aromatic N) is 3. The molecule has 0 unspecified atom stereocenters. The second-order valence-electron chi connectivity index (χ2n) is 9.28. The average molecular weight is 526 g/mol. The molecule has 2 aromatic carbocycles. The summed E-state index contributed by atoms with van der Waals surface area (Å²) in [5, 5.41) is 8.41. The van der Waals surface area contributed by atoms with Crippen molar-refractivity contribution < 1.29 is 19.0 Å². The Balaban J connectivity index is 1.47. The molecule has 3 atom stereocenters. The molecule has 0 amide bonds. The third-order valence-electron chi connectivity index (χ3n) is 7.18. The number of carbonyl (C=O) groups is 1. The van der Waals surface area contributed by atoms with Crippen molar-refractivity contribution in [2.45, 2.75) is 53.2 Å². The highest BCUT2D eigenvalue weighted by atomic mass is 79.9. The third kappa shape index (κ3) is 3.68. The third-order valence-corrected chi connectivity index (χ3v) is 7.77. The molecule has 2 aliphatic rings. The van der Waals surface area contributed by atoms with Crippen molar-refractivity contribution in [3.63, 3.8) is 0 Å². The minimum atomic E-state index is -0.186. The van der Waals surface area contributed by atoms with E-state index in [1.165, 1.54) is 11.1 Å². The molecule has 1 aromatic heterocycles. The van der Waals surface area contributed by atoms with Crippen molar-refractivity contribution >= 4 is 21.9 Å². The molecule has 0 spiro atoms. The van der Waals surface area contributed by atoms with Crippen LogP contribution in [0.15, 0.2) is 28.9 Å². The summed E-state index contributed by atoms with van der Waals surface area (Å²) in [7, 11) is 1.63. The van der Waals surface area contributed by atoms with Gasteiger partial charge in [0.1, 0.15) is 29.8 Å². The molecular weight excluding hydrogens is 498 g/mol. The zero-order valence-electron chi connectivity index (χ0n) is 20.0. The molecule has 178 valence electrons. The maximum atomic E-state index is 12.3. The number of hydrogen-bond donors (Lipinski definition) is 0. The summed E-state index contributed by atoms with van der Waals surface area (Å²) in [5.74, 6) is 1.54. The molecule has 2 heterocycles. The van der Waals surface area contributed by atoms with E-state index in [4.69, 9.17) is 14.2 Å². The topological polar surface area (TPSA) is 75.5 Å².